The van der Waals surface area contributed by atoms with E-state index in [1.165, 1.54) is 6.07 Å². The maximum absolute atomic E-state index is 13.5. The zero-order valence-electron chi connectivity index (χ0n) is 9.43. The molecule has 1 aromatic carbocycles. The van der Waals surface area contributed by atoms with E-state index in [1.807, 2.05) is 0 Å². The summed E-state index contributed by atoms with van der Waals surface area (Å²) < 4.78 is 13.5. The molecule has 16 heavy (non-hydrogen) atoms. The third kappa shape index (κ3) is 3.93. The van der Waals surface area contributed by atoms with Gasteiger partial charge in [0.15, 0.2) is 0 Å². The van der Waals surface area contributed by atoms with Gasteiger partial charge in [0, 0.05) is 12.8 Å². The van der Waals surface area contributed by atoms with Crippen molar-refractivity contribution >= 4 is 17.4 Å². The maximum Gasteiger partial charge on any atom is 0.145 e. The molecule has 88 valence electrons. The van der Waals surface area contributed by atoms with Crippen molar-refractivity contribution in [1.82, 2.24) is 0 Å². The Morgan fingerprint density at radius 1 is 1.38 bits per heavy atom. The van der Waals surface area contributed by atoms with Crippen molar-refractivity contribution < 1.29 is 9.18 Å². The highest BCUT2D eigenvalue weighted by Gasteiger charge is 2.10. The summed E-state index contributed by atoms with van der Waals surface area (Å²) in [6.07, 6.45) is 3.69. The first-order valence-electron chi connectivity index (χ1n) is 5.59. The Balaban J connectivity index is 2.53. The third-order valence-corrected chi connectivity index (χ3v) is 2.77. The van der Waals surface area contributed by atoms with Gasteiger partial charge in [-0.05, 0) is 18.1 Å². The summed E-state index contributed by atoms with van der Waals surface area (Å²) in [5.74, 6) is -0.386. The Labute approximate surface area is 101 Å². The normalized spacial score (nSPS) is 10.4. The van der Waals surface area contributed by atoms with Crippen LogP contribution in [0.25, 0.3) is 0 Å². The number of benzene rings is 1. The first-order valence-corrected chi connectivity index (χ1v) is 5.97. The predicted molar refractivity (Wildman–Crippen MR) is 64.3 cm³/mol. The molecule has 0 aliphatic carbocycles. The molecule has 0 amide bonds. The molecule has 0 atom stereocenters. The lowest BCUT2D eigenvalue weighted by Crippen LogP contribution is -2.04. The first-order chi connectivity index (χ1) is 7.65. The van der Waals surface area contributed by atoms with E-state index in [9.17, 15) is 9.18 Å². The number of rotatable bonds is 6. The molecule has 0 saturated heterocycles. The smallest absolute Gasteiger partial charge is 0.145 e. The van der Waals surface area contributed by atoms with Gasteiger partial charge in [-0.3, -0.25) is 4.79 Å². The summed E-state index contributed by atoms with van der Waals surface area (Å²) in [4.78, 5) is 11.5. The van der Waals surface area contributed by atoms with Crippen LogP contribution in [0.15, 0.2) is 18.2 Å². The summed E-state index contributed by atoms with van der Waals surface area (Å²) in [5.41, 5.74) is 0.397. The molecular formula is C13H16ClFO. The van der Waals surface area contributed by atoms with Crippen molar-refractivity contribution in [2.45, 2.75) is 39.0 Å². The molecule has 0 fully saturated rings. The Morgan fingerprint density at radius 2 is 2.12 bits per heavy atom. The van der Waals surface area contributed by atoms with E-state index in [4.69, 9.17) is 11.6 Å². The fraction of sp³-hybridized carbons (Fsp3) is 0.462. The van der Waals surface area contributed by atoms with Crippen LogP contribution in [0.1, 0.15) is 38.2 Å². The van der Waals surface area contributed by atoms with Crippen molar-refractivity contribution in [2.75, 3.05) is 0 Å². The van der Waals surface area contributed by atoms with Crippen LogP contribution in [-0.4, -0.2) is 5.78 Å². The Kier molecular flexibility index (Phi) is 5.47. The first kappa shape index (κ1) is 13.2. The second-order valence-corrected chi connectivity index (χ2v) is 4.29. The van der Waals surface area contributed by atoms with Crippen LogP contribution in [0.2, 0.25) is 5.02 Å². The number of unbranched alkanes of at least 4 members (excludes halogenated alkanes) is 2. The SMILES string of the molecule is CCCCCC(=O)Cc1cccc(Cl)c1F. The van der Waals surface area contributed by atoms with E-state index in [2.05, 4.69) is 6.92 Å². The van der Waals surface area contributed by atoms with Gasteiger partial charge in [0.2, 0.25) is 0 Å². The summed E-state index contributed by atoms with van der Waals surface area (Å²) in [7, 11) is 0. The monoisotopic (exact) mass is 242 g/mol. The zero-order valence-corrected chi connectivity index (χ0v) is 10.2. The van der Waals surface area contributed by atoms with Gasteiger partial charge in [-0.25, -0.2) is 4.39 Å². The Bertz CT molecular complexity index is 363. The van der Waals surface area contributed by atoms with Crippen LogP contribution in [0.5, 0.6) is 0 Å². The molecule has 0 aromatic heterocycles. The highest BCUT2D eigenvalue weighted by Crippen LogP contribution is 2.19. The van der Waals surface area contributed by atoms with Gasteiger partial charge in [0.1, 0.15) is 11.6 Å². The summed E-state index contributed by atoms with van der Waals surface area (Å²) in [6, 6.07) is 4.76. The molecular weight excluding hydrogens is 227 g/mol. The van der Waals surface area contributed by atoms with E-state index >= 15 is 0 Å². The zero-order chi connectivity index (χ0) is 12.0. The van der Waals surface area contributed by atoms with Crippen molar-refractivity contribution in [3.8, 4) is 0 Å². The van der Waals surface area contributed by atoms with Crippen molar-refractivity contribution in [3.05, 3.63) is 34.6 Å². The van der Waals surface area contributed by atoms with Gasteiger partial charge < -0.3 is 0 Å². The molecule has 0 unspecified atom stereocenters. The van der Waals surface area contributed by atoms with E-state index in [0.717, 1.165) is 19.3 Å². The number of ketones is 1. The molecule has 0 radical (unpaired) electrons. The van der Waals surface area contributed by atoms with Gasteiger partial charge in [-0.2, -0.15) is 0 Å². The van der Waals surface area contributed by atoms with Crippen molar-refractivity contribution in [1.29, 1.82) is 0 Å². The minimum Gasteiger partial charge on any atom is -0.299 e. The van der Waals surface area contributed by atoms with Crippen LogP contribution in [0, 0.1) is 5.82 Å². The molecule has 0 aliphatic rings. The Hall–Kier alpha value is -0.890. The van der Waals surface area contributed by atoms with Crippen molar-refractivity contribution in [3.63, 3.8) is 0 Å². The molecule has 1 rings (SSSR count). The van der Waals surface area contributed by atoms with Gasteiger partial charge in [-0.1, -0.05) is 43.5 Å². The number of carbonyl (C=O) groups is 1. The molecule has 3 heteroatoms. The van der Waals surface area contributed by atoms with Crippen LogP contribution in [0.4, 0.5) is 4.39 Å². The van der Waals surface area contributed by atoms with Crippen LogP contribution in [0.3, 0.4) is 0 Å². The molecule has 1 aromatic rings. The van der Waals surface area contributed by atoms with Crippen molar-refractivity contribution in [2.24, 2.45) is 0 Å². The van der Waals surface area contributed by atoms with E-state index in [-0.39, 0.29) is 17.2 Å². The summed E-state index contributed by atoms with van der Waals surface area (Å²) in [5, 5.41) is 0.0823. The number of Topliss-reactive ketones (excluding diaryl/α,β-unsaturated/α-hetero) is 1. The van der Waals surface area contributed by atoms with E-state index < -0.39 is 5.82 Å². The fourth-order valence-electron chi connectivity index (χ4n) is 1.56. The molecule has 0 aliphatic heterocycles. The second kappa shape index (κ2) is 6.64. The minimum absolute atomic E-state index is 0.0783. The standard InChI is InChI=1S/C13H16ClFO/c1-2-3-4-7-11(16)9-10-6-5-8-12(14)13(10)15/h5-6,8H,2-4,7,9H2,1H3. The molecule has 0 bridgehead atoms. The van der Waals surface area contributed by atoms with Crippen LogP contribution < -0.4 is 0 Å². The van der Waals surface area contributed by atoms with E-state index in [1.54, 1.807) is 12.1 Å². The highest BCUT2D eigenvalue weighted by atomic mass is 35.5. The summed E-state index contributed by atoms with van der Waals surface area (Å²) >= 11 is 5.64. The third-order valence-electron chi connectivity index (χ3n) is 2.48. The van der Waals surface area contributed by atoms with Gasteiger partial charge in [0.25, 0.3) is 0 Å². The average Bonchev–Trinajstić information content (AvgIpc) is 2.25. The maximum atomic E-state index is 13.5. The molecule has 1 nitrogen and oxygen atoms in total. The highest BCUT2D eigenvalue weighted by molar-refractivity contribution is 6.30. The van der Waals surface area contributed by atoms with Gasteiger partial charge in [0.05, 0.1) is 5.02 Å². The molecule has 0 saturated carbocycles. The lowest BCUT2D eigenvalue weighted by Gasteiger charge is -2.03. The van der Waals surface area contributed by atoms with Gasteiger partial charge >= 0.3 is 0 Å². The number of hydrogen-bond acceptors (Lipinski definition) is 1. The topological polar surface area (TPSA) is 17.1 Å². The average molecular weight is 243 g/mol. The lowest BCUT2D eigenvalue weighted by molar-refractivity contribution is -0.118. The van der Waals surface area contributed by atoms with E-state index in [0.29, 0.717) is 12.0 Å². The van der Waals surface area contributed by atoms with Crippen LogP contribution in [-0.2, 0) is 11.2 Å². The Morgan fingerprint density at radius 3 is 2.81 bits per heavy atom. The molecule has 0 heterocycles. The predicted octanol–water partition coefficient (Wildman–Crippen LogP) is 4.17. The molecule has 0 spiro atoms. The number of carbonyl (C=O) groups excluding carboxylic acids is 1. The lowest BCUT2D eigenvalue weighted by atomic mass is 10.0. The largest absolute Gasteiger partial charge is 0.299 e. The fourth-order valence-corrected chi connectivity index (χ4v) is 1.75. The minimum atomic E-state index is -0.465. The number of halogens is 2. The van der Waals surface area contributed by atoms with Crippen LogP contribution >= 0.6 is 11.6 Å². The van der Waals surface area contributed by atoms with Gasteiger partial charge in [-0.15, -0.1) is 0 Å². The summed E-state index contributed by atoms with van der Waals surface area (Å²) in [6.45, 7) is 2.08. The second-order valence-electron chi connectivity index (χ2n) is 3.89. The quantitative estimate of drug-likeness (QED) is 0.685. The molecule has 0 N–H and O–H groups in total. The number of hydrogen-bond donors (Lipinski definition) is 0.